The Morgan fingerprint density at radius 3 is 2.00 bits per heavy atom. The molecule has 0 unspecified atom stereocenters. The molecule has 0 radical (unpaired) electrons. The van der Waals surface area contributed by atoms with Crippen LogP contribution >= 0.6 is 76.8 Å². The highest BCUT2D eigenvalue weighted by Gasteiger charge is 2.11. The number of hydrogen-bond donors (Lipinski definition) is 0. The Labute approximate surface area is 128 Å². The molecule has 0 aromatic heterocycles. The van der Waals surface area contributed by atoms with Crippen molar-refractivity contribution in [1.82, 2.24) is 0 Å². The van der Waals surface area contributed by atoms with E-state index in [1.54, 1.807) is 12.1 Å². The fraction of sp³-hybridized carbons (Fsp3) is 0. The molecule has 0 saturated heterocycles. The highest BCUT2D eigenvalue weighted by molar-refractivity contribution is 14.2. The zero-order chi connectivity index (χ0) is 11.3. The van der Waals surface area contributed by atoms with Crippen LogP contribution in [0.5, 0.6) is 11.5 Å². The SMILES string of the molecule is O=Cc1cc(OSI)c(Br)c(OSI)c1. The van der Waals surface area contributed by atoms with E-state index in [0.29, 0.717) is 21.5 Å². The van der Waals surface area contributed by atoms with Gasteiger partial charge in [-0.15, -0.1) is 0 Å². The van der Waals surface area contributed by atoms with Crippen molar-refractivity contribution >= 4 is 83.1 Å². The third-order valence-electron chi connectivity index (χ3n) is 1.41. The molecular formula is C7H3BrI2O3S2. The molecular weight excluding hydrogens is 530 g/mol. The fourth-order valence-corrected chi connectivity index (χ4v) is 3.02. The minimum absolute atomic E-state index is 0.513. The van der Waals surface area contributed by atoms with Gasteiger partial charge in [0.05, 0.1) is 0 Å². The van der Waals surface area contributed by atoms with Crippen molar-refractivity contribution in [3.8, 4) is 11.5 Å². The van der Waals surface area contributed by atoms with Crippen molar-refractivity contribution in [2.45, 2.75) is 0 Å². The third kappa shape index (κ3) is 4.13. The molecule has 0 saturated carbocycles. The van der Waals surface area contributed by atoms with E-state index in [2.05, 4.69) is 15.9 Å². The van der Waals surface area contributed by atoms with Crippen LogP contribution in [-0.2, 0) is 0 Å². The average molecular weight is 533 g/mol. The van der Waals surface area contributed by atoms with Gasteiger partial charge in [0.2, 0.25) is 0 Å². The van der Waals surface area contributed by atoms with Crippen molar-refractivity contribution in [3.63, 3.8) is 0 Å². The second kappa shape index (κ2) is 7.45. The Bertz CT molecular complexity index is 337. The number of rotatable bonds is 5. The Kier molecular flexibility index (Phi) is 7.05. The molecule has 0 aliphatic heterocycles. The van der Waals surface area contributed by atoms with Crippen LogP contribution in [0, 0.1) is 0 Å². The summed E-state index contributed by atoms with van der Waals surface area (Å²) in [5.74, 6) is 1.14. The van der Waals surface area contributed by atoms with E-state index in [4.69, 9.17) is 8.37 Å². The van der Waals surface area contributed by atoms with Crippen molar-refractivity contribution < 1.29 is 13.2 Å². The maximum absolute atomic E-state index is 10.7. The lowest BCUT2D eigenvalue weighted by molar-refractivity contribution is 0.112. The molecule has 15 heavy (non-hydrogen) atoms. The molecule has 1 aromatic carbocycles. The molecule has 0 amide bonds. The lowest BCUT2D eigenvalue weighted by Crippen LogP contribution is -1.89. The number of benzene rings is 1. The summed E-state index contributed by atoms with van der Waals surface area (Å²) in [5, 5.41) is 0. The molecule has 82 valence electrons. The van der Waals surface area contributed by atoms with Crippen LogP contribution in [0.15, 0.2) is 16.6 Å². The van der Waals surface area contributed by atoms with Gasteiger partial charge in [-0.2, -0.15) is 0 Å². The van der Waals surface area contributed by atoms with Gasteiger partial charge < -0.3 is 8.37 Å². The summed E-state index contributed by atoms with van der Waals surface area (Å²) in [5.41, 5.74) is 0.513. The van der Waals surface area contributed by atoms with E-state index in [9.17, 15) is 4.79 Å². The van der Waals surface area contributed by atoms with Crippen molar-refractivity contribution in [1.29, 1.82) is 0 Å². The number of carbonyl (C=O) groups excluding carboxylic acids is 1. The van der Waals surface area contributed by atoms with Gasteiger partial charge in [0.25, 0.3) is 0 Å². The Balaban J connectivity index is 3.14. The third-order valence-corrected chi connectivity index (χ3v) is 3.75. The first-order chi connectivity index (χ1) is 7.22. The lowest BCUT2D eigenvalue weighted by atomic mass is 10.2. The fourth-order valence-electron chi connectivity index (χ4n) is 0.850. The molecule has 0 aliphatic rings. The Morgan fingerprint density at radius 1 is 1.20 bits per heavy atom. The molecule has 3 nitrogen and oxygen atoms in total. The van der Waals surface area contributed by atoms with Crippen molar-refractivity contribution in [2.75, 3.05) is 0 Å². The molecule has 8 heteroatoms. The number of carbonyl (C=O) groups is 1. The predicted octanol–water partition coefficient (Wildman–Crippen LogP) is 5.02. The summed E-state index contributed by atoms with van der Waals surface area (Å²) in [7, 11) is 2.35. The van der Waals surface area contributed by atoms with Gasteiger partial charge in [0.15, 0.2) is 11.5 Å². The monoisotopic (exact) mass is 532 g/mol. The lowest BCUT2D eigenvalue weighted by Gasteiger charge is -2.08. The van der Waals surface area contributed by atoms with E-state index >= 15 is 0 Å². The maximum atomic E-state index is 10.7. The quantitative estimate of drug-likeness (QED) is 0.302. The minimum atomic E-state index is 0.513. The van der Waals surface area contributed by atoms with E-state index in [1.165, 1.54) is 18.4 Å². The van der Waals surface area contributed by atoms with Gasteiger partial charge in [0.1, 0.15) is 29.2 Å². The molecule has 0 atom stereocenters. The normalized spacial score (nSPS) is 9.80. The van der Waals surface area contributed by atoms with Gasteiger partial charge >= 0.3 is 0 Å². The topological polar surface area (TPSA) is 35.5 Å². The van der Waals surface area contributed by atoms with Crippen LogP contribution < -0.4 is 8.37 Å². The van der Waals surface area contributed by atoms with E-state index < -0.39 is 0 Å². The summed E-state index contributed by atoms with van der Waals surface area (Å²) in [6.45, 7) is 0. The van der Waals surface area contributed by atoms with Gasteiger partial charge in [0, 0.05) is 48.0 Å². The van der Waals surface area contributed by atoms with E-state index in [0.717, 1.165) is 6.29 Å². The summed E-state index contributed by atoms with van der Waals surface area (Å²) in [6.07, 6.45) is 0.752. The first-order valence-corrected chi connectivity index (χ1v) is 10.8. The number of aldehydes is 1. The second-order valence-corrected chi connectivity index (χ2v) is 5.78. The summed E-state index contributed by atoms with van der Waals surface area (Å²) < 4.78 is 11.2. The second-order valence-electron chi connectivity index (χ2n) is 2.24. The van der Waals surface area contributed by atoms with Gasteiger partial charge in [-0.25, -0.2) is 0 Å². The van der Waals surface area contributed by atoms with Gasteiger partial charge in [-0.3, -0.25) is 4.79 Å². The average Bonchev–Trinajstić information content (AvgIpc) is 2.24. The first-order valence-electron chi connectivity index (χ1n) is 3.42. The molecule has 0 bridgehead atoms. The number of halogens is 3. The van der Waals surface area contributed by atoms with Gasteiger partial charge in [-0.05, 0) is 28.1 Å². The predicted molar refractivity (Wildman–Crippen MR) is 84.0 cm³/mol. The molecule has 0 heterocycles. The molecule has 0 spiro atoms. The van der Waals surface area contributed by atoms with Crippen molar-refractivity contribution in [3.05, 3.63) is 22.2 Å². The van der Waals surface area contributed by atoms with E-state index in [1.807, 2.05) is 42.4 Å². The van der Waals surface area contributed by atoms with Crippen LogP contribution in [-0.4, -0.2) is 6.29 Å². The highest BCUT2D eigenvalue weighted by Crippen LogP contribution is 2.40. The van der Waals surface area contributed by atoms with Crippen LogP contribution in [0.25, 0.3) is 0 Å². The van der Waals surface area contributed by atoms with Crippen LogP contribution in [0.2, 0.25) is 0 Å². The molecule has 0 fully saturated rings. The van der Waals surface area contributed by atoms with Crippen LogP contribution in [0.3, 0.4) is 0 Å². The first kappa shape index (κ1) is 14.2. The zero-order valence-electron chi connectivity index (χ0n) is 6.91. The Morgan fingerprint density at radius 2 is 1.67 bits per heavy atom. The maximum Gasteiger partial charge on any atom is 0.157 e. The highest BCUT2D eigenvalue weighted by atomic mass is 127. The molecule has 0 aliphatic carbocycles. The molecule has 0 N–H and O–H groups in total. The zero-order valence-corrected chi connectivity index (χ0v) is 14.4. The van der Waals surface area contributed by atoms with Crippen LogP contribution in [0.1, 0.15) is 10.4 Å². The Hall–Kier alpha value is 1.13. The van der Waals surface area contributed by atoms with Gasteiger partial charge in [-0.1, -0.05) is 0 Å². The molecule has 1 aromatic rings. The standard InChI is InChI=1S/C7H3BrI2O3S2/c8-7-5(12-14-9)1-4(3-11)2-6(7)13-15-10/h1-3H. The number of hydrogen-bond acceptors (Lipinski definition) is 5. The summed E-state index contributed by atoms with van der Waals surface area (Å²) >= 11 is 7.35. The smallest absolute Gasteiger partial charge is 0.157 e. The summed E-state index contributed by atoms with van der Waals surface area (Å²) in [6, 6.07) is 3.29. The van der Waals surface area contributed by atoms with E-state index in [-0.39, 0.29) is 0 Å². The summed E-state index contributed by atoms with van der Waals surface area (Å²) in [4.78, 5) is 10.7. The largest absolute Gasteiger partial charge is 0.414 e. The minimum Gasteiger partial charge on any atom is -0.414 e. The van der Waals surface area contributed by atoms with Crippen LogP contribution in [0.4, 0.5) is 0 Å². The molecule has 1 rings (SSSR count). The van der Waals surface area contributed by atoms with Crippen molar-refractivity contribution in [2.24, 2.45) is 0 Å².